The minimum atomic E-state index is -0.463. The number of rotatable bonds is 16. The monoisotopic (exact) mass is 1090 g/mol. The van der Waals surface area contributed by atoms with Crippen LogP contribution in [0.2, 0.25) is 0 Å². The maximum absolute atomic E-state index is 12.8. The van der Waals surface area contributed by atoms with Crippen LogP contribution in [-0.4, -0.2) is 40.7 Å². The molecule has 7 aliphatic carbocycles. The molecule has 0 aliphatic heterocycles. The van der Waals surface area contributed by atoms with E-state index in [9.17, 15) is 19.2 Å². The molecule has 0 N–H and O–H groups in total. The minimum Gasteiger partial charge on any atom is -0.455 e. The van der Waals surface area contributed by atoms with E-state index in [0.717, 1.165) is 130 Å². The SMILES string of the molecule is C=Cc1ccc(C(=O)OC2(C=C)CCCC2)cc1.C=Cc1ccc(C(=O)OC2(CC)C3CC4CC(C3)CC2C4)cc1.C=Cc1ccc(C(=O)OC2(CC)CCCC2)cc1.C=Cc1ccc(C(=O)OC2(c3ccccc3)CCCC2)cc1. The Morgan fingerprint density at radius 1 is 0.420 bits per heavy atom. The summed E-state index contributed by atoms with van der Waals surface area (Å²) in [4.78, 5) is 49.5. The van der Waals surface area contributed by atoms with Crippen LogP contribution in [0.5, 0.6) is 0 Å². The van der Waals surface area contributed by atoms with E-state index in [-0.39, 0.29) is 35.1 Å². The molecule has 0 aromatic heterocycles. The quantitative estimate of drug-likeness (QED) is 0.0547. The molecule has 7 aliphatic rings. The first kappa shape index (κ1) is 59.8. The van der Waals surface area contributed by atoms with Gasteiger partial charge < -0.3 is 18.9 Å². The zero-order chi connectivity index (χ0) is 57.5. The molecule has 5 aromatic carbocycles. The van der Waals surface area contributed by atoms with Crippen LogP contribution in [0, 0.1) is 23.7 Å². The van der Waals surface area contributed by atoms with Gasteiger partial charge in [0.25, 0.3) is 0 Å². The van der Waals surface area contributed by atoms with Gasteiger partial charge in [0.05, 0.1) is 22.3 Å². The van der Waals surface area contributed by atoms with Gasteiger partial charge >= 0.3 is 23.9 Å². The summed E-state index contributed by atoms with van der Waals surface area (Å²) in [6.45, 7) is 23.0. The summed E-state index contributed by atoms with van der Waals surface area (Å²) in [5.74, 6) is 2.09. The van der Waals surface area contributed by atoms with E-state index in [2.05, 4.69) is 58.9 Å². The molecule has 7 fully saturated rings. The molecule has 0 atom stereocenters. The Morgan fingerprint density at radius 3 is 1.15 bits per heavy atom. The average Bonchev–Trinajstić information content (AvgIpc) is 4.37. The van der Waals surface area contributed by atoms with E-state index in [0.29, 0.717) is 34.1 Å². The second-order valence-corrected chi connectivity index (χ2v) is 23.3. The highest BCUT2D eigenvalue weighted by Crippen LogP contribution is 2.61. The smallest absolute Gasteiger partial charge is 0.339 e. The molecule has 424 valence electrons. The lowest BCUT2D eigenvalue weighted by Crippen LogP contribution is -2.59. The van der Waals surface area contributed by atoms with Gasteiger partial charge in [0.2, 0.25) is 0 Å². The molecule has 8 nitrogen and oxygen atoms in total. The maximum Gasteiger partial charge on any atom is 0.339 e. The van der Waals surface area contributed by atoms with E-state index < -0.39 is 11.2 Å². The van der Waals surface area contributed by atoms with Gasteiger partial charge in [-0.25, -0.2) is 19.2 Å². The van der Waals surface area contributed by atoms with Crippen molar-refractivity contribution in [3.05, 3.63) is 216 Å². The van der Waals surface area contributed by atoms with E-state index in [1.807, 2.05) is 78.9 Å². The third-order valence-electron chi connectivity index (χ3n) is 18.5. The molecule has 12 rings (SSSR count). The second-order valence-electron chi connectivity index (χ2n) is 23.3. The van der Waals surface area contributed by atoms with Crippen molar-refractivity contribution in [3.63, 3.8) is 0 Å². The Balaban J connectivity index is 0.000000143. The Labute approximate surface area is 482 Å². The fourth-order valence-corrected chi connectivity index (χ4v) is 13.8. The lowest BCUT2D eigenvalue weighted by molar-refractivity contribution is -0.176. The van der Waals surface area contributed by atoms with Gasteiger partial charge in [-0.2, -0.15) is 0 Å². The summed E-state index contributed by atoms with van der Waals surface area (Å²) in [7, 11) is 0. The number of carbonyl (C=O) groups excluding carboxylic acids is 4. The van der Waals surface area contributed by atoms with Gasteiger partial charge in [-0.3, -0.25) is 0 Å². The number of esters is 4. The number of carbonyl (C=O) groups is 4. The largest absolute Gasteiger partial charge is 0.455 e. The number of ether oxygens (including phenoxy) is 4. The third kappa shape index (κ3) is 14.4. The summed E-state index contributed by atoms with van der Waals surface area (Å²) in [6, 6.07) is 39.7. The topological polar surface area (TPSA) is 105 Å². The van der Waals surface area contributed by atoms with Crippen molar-refractivity contribution < 1.29 is 38.1 Å². The molecule has 5 aromatic rings. The van der Waals surface area contributed by atoms with Crippen molar-refractivity contribution in [1.29, 1.82) is 0 Å². The van der Waals surface area contributed by atoms with Crippen molar-refractivity contribution in [2.24, 2.45) is 23.7 Å². The van der Waals surface area contributed by atoms with Crippen LogP contribution in [0.15, 0.2) is 166 Å². The maximum atomic E-state index is 12.8. The van der Waals surface area contributed by atoms with Crippen molar-refractivity contribution >= 4 is 48.2 Å². The molecule has 4 bridgehead atoms. The highest BCUT2D eigenvalue weighted by molar-refractivity contribution is 5.92. The van der Waals surface area contributed by atoms with Crippen molar-refractivity contribution in [3.8, 4) is 0 Å². The van der Waals surface area contributed by atoms with Crippen LogP contribution < -0.4 is 0 Å². The van der Waals surface area contributed by atoms with Gasteiger partial charge in [-0.1, -0.05) is 150 Å². The van der Waals surface area contributed by atoms with Crippen LogP contribution >= 0.6 is 0 Å². The zero-order valence-corrected chi connectivity index (χ0v) is 48.1. The van der Waals surface area contributed by atoms with Crippen LogP contribution in [0.4, 0.5) is 0 Å². The zero-order valence-electron chi connectivity index (χ0n) is 48.1. The summed E-state index contributed by atoms with van der Waals surface area (Å²) in [5.41, 5.74) is 6.25. The fourth-order valence-electron chi connectivity index (χ4n) is 13.8. The normalized spacial score (nSPS) is 22.7. The minimum absolute atomic E-state index is 0.144. The predicted octanol–water partition coefficient (Wildman–Crippen LogP) is 18.2. The Morgan fingerprint density at radius 2 is 0.778 bits per heavy atom. The van der Waals surface area contributed by atoms with Gasteiger partial charge in [-0.15, -0.1) is 0 Å². The van der Waals surface area contributed by atoms with Crippen LogP contribution in [0.3, 0.4) is 0 Å². The summed E-state index contributed by atoms with van der Waals surface area (Å²) >= 11 is 0. The summed E-state index contributed by atoms with van der Waals surface area (Å²) < 4.78 is 23.6. The fraction of sp³-hybridized carbons (Fsp3) is 0.397. The molecule has 0 saturated heterocycles. The van der Waals surface area contributed by atoms with Crippen LogP contribution in [0.25, 0.3) is 24.3 Å². The van der Waals surface area contributed by atoms with Crippen molar-refractivity contribution in [1.82, 2.24) is 0 Å². The summed E-state index contributed by atoms with van der Waals surface area (Å²) in [5, 5.41) is 0. The molecule has 0 amide bonds. The first-order valence-electron chi connectivity index (χ1n) is 29.8. The third-order valence-corrected chi connectivity index (χ3v) is 18.5. The lowest BCUT2D eigenvalue weighted by atomic mass is 9.49. The first-order chi connectivity index (χ1) is 39.3. The lowest BCUT2D eigenvalue weighted by Gasteiger charge is -2.60. The van der Waals surface area contributed by atoms with Gasteiger partial charge in [0.15, 0.2) is 0 Å². The van der Waals surface area contributed by atoms with Gasteiger partial charge in [-0.05, 0) is 228 Å². The molecule has 0 radical (unpaired) electrons. The van der Waals surface area contributed by atoms with E-state index in [1.54, 1.807) is 66.8 Å². The average molecular weight is 1090 g/mol. The van der Waals surface area contributed by atoms with E-state index >= 15 is 0 Å². The molecule has 0 spiro atoms. The Hall–Kier alpha value is -7.32. The Kier molecular flexibility index (Phi) is 20.2. The van der Waals surface area contributed by atoms with E-state index in [1.165, 1.54) is 32.1 Å². The number of hydrogen-bond donors (Lipinski definition) is 0. The van der Waals surface area contributed by atoms with E-state index in [4.69, 9.17) is 18.9 Å². The van der Waals surface area contributed by atoms with Crippen molar-refractivity contribution in [2.45, 2.75) is 158 Å². The van der Waals surface area contributed by atoms with Crippen LogP contribution in [-0.2, 0) is 24.5 Å². The molecule has 81 heavy (non-hydrogen) atoms. The second kappa shape index (κ2) is 27.4. The Bertz CT molecular complexity index is 2920. The van der Waals surface area contributed by atoms with Crippen molar-refractivity contribution in [2.75, 3.05) is 0 Å². The molecular formula is C73H84O8. The summed E-state index contributed by atoms with van der Waals surface area (Å²) in [6.07, 6.45) is 29.4. The number of benzene rings is 5. The van der Waals surface area contributed by atoms with Gasteiger partial charge in [0.1, 0.15) is 22.4 Å². The molecular weight excluding hydrogens is 1000 g/mol. The number of hydrogen-bond acceptors (Lipinski definition) is 8. The highest BCUT2D eigenvalue weighted by Gasteiger charge is 2.58. The molecule has 7 saturated carbocycles. The highest BCUT2D eigenvalue weighted by atomic mass is 16.6. The first-order valence-corrected chi connectivity index (χ1v) is 29.8. The molecule has 0 heterocycles. The molecule has 0 unspecified atom stereocenters. The van der Waals surface area contributed by atoms with Crippen LogP contribution in [0.1, 0.15) is 205 Å². The predicted molar refractivity (Wildman–Crippen MR) is 327 cm³/mol. The standard InChI is InChI=1S/C21H26O2.C20H20O2.C16H20O2.C16H18O2/c1-3-14-5-7-17(8-6-14)20(22)23-21(4-2)18-10-15-9-16(12-18)13-19(21)11-15;1-2-16-10-12-17(13-11-16)19(21)22-20(14-6-7-15-20)18-8-4-3-5-9-18;2*1-3-13-7-9-14(10-8-13)15(17)18-16(4-2)11-5-6-12-16/h3,5-8,15-16,18-19H,1,4,9-13H2,2H3;2-5,8-13H,1,6-7,14-15H2;3,7-10H,1,4-6,11-12H2,2H3;3-4,7-10H,1-2,5-6,11-12H2. The molecule has 8 heteroatoms. The van der Waals surface area contributed by atoms with Gasteiger partial charge in [0, 0.05) is 0 Å².